The number of amides is 2. The van der Waals surface area contributed by atoms with Gasteiger partial charge in [-0.25, -0.2) is 4.79 Å². The lowest BCUT2D eigenvalue weighted by Gasteiger charge is -2.16. The van der Waals surface area contributed by atoms with Gasteiger partial charge >= 0.3 is 5.97 Å². The maximum atomic E-state index is 12.5. The van der Waals surface area contributed by atoms with Gasteiger partial charge < -0.3 is 19.5 Å². The first kappa shape index (κ1) is 19.9. The summed E-state index contributed by atoms with van der Waals surface area (Å²) in [5.41, 5.74) is 0.876. The van der Waals surface area contributed by atoms with Gasteiger partial charge in [0.2, 0.25) is 5.91 Å². The minimum Gasteiger partial charge on any atom is -0.452 e. The van der Waals surface area contributed by atoms with Crippen molar-refractivity contribution in [2.75, 3.05) is 20.2 Å². The smallest absolute Gasteiger partial charge is 0.344 e. The molecule has 1 N–H and O–H groups in total. The Bertz CT molecular complexity index is 907. The number of esters is 1. The molecule has 3 rings (SSSR count). The molecule has 0 unspecified atom stereocenters. The van der Waals surface area contributed by atoms with E-state index < -0.39 is 18.5 Å². The Balaban J connectivity index is 1.62. The van der Waals surface area contributed by atoms with Crippen LogP contribution >= 0.6 is 11.6 Å². The Morgan fingerprint density at radius 3 is 2.71 bits per heavy atom. The van der Waals surface area contributed by atoms with Crippen LogP contribution in [-0.2, 0) is 14.3 Å². The molecule has 0 atom stereocenters. The number of hydrogen-bond donors (Lipinski definition) is 1. The predicted octanol–water partition coefficient (Wildman–Crippen LogP) is 2.20. The van der Waals surface area contributed by atoms with Crippen molar-refractivity contribution >= 4 is 29.4 Å². The number of nitrogens with one attached hydrogen (secondary N) is 1. The number of ether oxygens (including phenoxy) is 1. The van der Waals surface area contributed by atoms with Gasteiger partial charge in [-0.3, -0.25) is 9.59 Å². The first-order chi connectivity index (χ1) is 13.4. The Morgan fingerprint density at radius 1 is 1.32 bits per heavy atom. The zero-order valence-corrected chi connectivity index (χ0v) is 16.3. The van der Waals surface area contributed by atoms with E-state index in [9.17, 15) is 14.4 Å². The van der Waals surface area contributed by atoms with Crippen molar-refractivity contribution in [2.45, 2.75) is 25.8 Å². The normalized spacial score (nSPS) is 13.1. The third kappa shape index (κ3) is 4.69. The summed E-state index contributed by atoms with van der Waals surface area (Å²) in [7, 11) is 1.47. The molecule has 2 amide bonds. The number of aromatic nitrogens is 1. The number of halogens is 1. The van der Waals surface area contributed by atoms with Crippen molar-refractivity contribution in [1.82, 2.24) is 15.4 Å². The molecule has 2 aromatic rings. The first-order valence-corrected chi connectivity index (χ1v) is 9.16. The van der Waals surface area contributed by atoms with Crippen LogP contribution in [0.25, 0.3) is 11.3 Å². The van der Waals surface area contributed by atoms with Crippen molar-refractivity contribution in [3.8, 4) is 11.3 Å². The second-order valence-electron chi connectivity index (χ2n) is 6.61. The molecule has 1 aliphatic carbocycles. The molecule has 1 fully saturated rings. The van der Waals surface area contributed by atoms with Gasteiger partial charge in [0.1, 0.15) is 17.0 Å². The van der Waals surface area contributed by atoms with E-state index in [1.165, 1.54) is 11.9 Å². The molecule has 0 aliphatic heterocycles. The van der Waals surface area contributed by atoms with E-state index in [2.05, 4.69) is 10.5 Å². The van der Waals surface area contributed by atoms with E-state index in [0.29, 0.717) is 10.6 Å². The van der Waals surface area contributed by atoms with Crippen LogP contribution in [0.15, 0.2) is 28.8 Å². The fourth-order valence-corrected chi connectivity index (χ4v) is 2.79. The van der Waals surface area contributed by atoms with Crippen LogP contribution in [0.5, 0.6) is 0 Å². The van der Waals surface area contributed by atoms with E-state index in [0.717, 1.165) is 12.8 Å². The average Bonchev–Trinajstić information content (AvgIpc) is 3.38. The van der Waals surface area contributed by atoms with Gasteiger partial charge in [-0.1, -0.05) is 35.0 Å². The second kappa shape index (κ2) is 8.43. The summed E-state index contributed by atoms with van der Waals surface area (Å²) < 4.78 is 10.2. The summed E-state index contributed by atoms with van der Waals surface area (Å²) in [6.45, 7) is 0.975. The van der Waals surface area contributed by atoms with Gasteiger partial charge in [-0.2, -0.15) is 0 Å². The Kier molecular flexibility index (Phi) is 5.99. The molecule has 1 saturated carbocycles. The highest BCUT2D eigenvalue weighted by Crippen LogP contribution is 2.31. The highest BCUT2D eigenvalue weighted by atomic mass is 35.5. The lowest BCUT2D eigenvalue weighted by atomic mass is 10.1. The van der Waals surface area contributed by atoms with Gasteiger partial charge in [0.05, 0.1) is 11.6 Å². The molecular weight excluding hydrogens is 386 g/mol. The standard InChI is InChI=1S/C19H20ClN3O5/c1-11-17(18(22-28-11)13-5-3-4-6-14(13)20)19(26)27-10-16(25)23(2)9-15(24)21-12-7-8-12/h3-6,12H,7-10H2,1-2H3,(H,21,24). The van der Waals surface area contributed by atoms with E-state index in [-0.39, 0.29) is 35.5 Å². The second-order valence-corrected chi connectivity index (χ2v) is 7.02. The summed E-state index contributed by atoms with van der Waals surface area (Å²) in [6.07, 6.45) is 1.93. The molecular formula is C19H20ClN3O5. The van der Waals surface area contributed by atoms with Crippen LogP contribution in [0.2, 0.25) is 5.02 Å². The highest BCUT2D eigenvalue weighted by Gasteiger charge is 2.26. The van der Waals surface area contributed by atoms with Gasteiger partial charge in [-0.15, -0.1) is 0 Å². The van der Waals surface area contributed by atoms with E-state index in [1.54, 1.807) is 31.2 Å². The van der Waals surface area contributed by atoms with Crippen LogP contribution in [0.4, 0.5) is 0 Å². The third-order valence-electron chi connectivity index (χ3n) is 4.27. The van der Waals surface area contributed by atoms with E-state index in [4.69, 9.17) is 20.9 Å². The van der Waals surface area contributed by atoms with Gasteiger partial charge in [0.25, 0.3) is 5.91 Å². The summed E-state index contributed by atoms with van der Waals surface area (Å²) in [4.78, 5) is 37.7. The van der Waals surface area contributed by atoms with Crippen LogP contribution in [0.3, 0.4) is 0 Å². The molecule has 0 bridgehead atoms. The minimum atomic E-state index is -0.752. The van der Waals surface area contributed by atoms with Crippen molar-refractivity contribution < 1.29 is 23.6 Å². The van der Waals surface area contributed by atoms with Gasteiger partial charge in [0, 0.05) is 18.7 Å². The van der Waals surface area contributed by atoms with Crippen molar-refractivity contribution in [1.29, 1.82) is 0 Å². The van der Waals surface area contributed by atoms with Crippen LogP contribution in [-0.4, -0.2) is 54.1 Å². The molecule has 1 heterocycles. The first-order valence-electron chi connectivity index (χ1n) is 8.78. The zero-order valence-electron chi connectivity index (χ0n) is 15.5. The molecule has 0 saturated heterocycles. The summed E-state index contributed by atoms with van der Waals surface area (Å²) in [6, 6.07) is 7.10. The van der Waals surface area contributed by atoms with Crippen LogP contribution < -0.4 is 5.32 Å². The highest BCUT2D eigenvalue weighted by molar-refractivity contribution is 6.33. The Hall–Kier alpha value is -2.87. The zero-order chi connectivity index (χ0) is 20.3. The molecule has 28 heavy (non-hydrogen) atoms. The molecule has 0 spiro atoms. The Labute approximate surface area is 166 Å². The minimum absolute atomic E-state index is 0.0932. The largest absolute Gasteiger partial charge is 0.452 e. The summed E-state index contributed by atoms with van der Waals surface area (Å²) in [5.74, 6) is -1.23. The molecule has 1 aromatic carbocycles. The molecule has 1 aliphatic rings. The van der Waals surface area contributed by atoms with Crippen molar-refractivity contribution in [3.05, 3.63) is 40.6 Å². The molecule has 148 valence electrons. The maximum Gasteiger partial charge on any atom is 0.344 e. The molecule has 8 nitrogen and oxygen atoms in total. The number of carbonyl (C=O) groups is 3. The lowest BCUT2D eigenvalue weighted by Crippen LogP contribution is -2.40. The number of benzene rings is 1. The lowest BCUT2D eigenvalue weighted by molar-refractivity contribution is -0.137. The maximum absolute atomic E-state index is 12.5. The number of aryl methyl sites for hydroxylation is 1. The fraction of sp³-hybridized carbons (Fsp3) is 0.368. The Morgan fingerprint density at radius 2 is 2.04 bits per heavy atom. The van der Waals surface area contributed by atoms with Crippen LogP contribution in [0.1, 0.15) is 29.0 Å². The monoisotopic (exact) mass is 405 g/mol. The molecule has 0 radical (unpaired) electrons. The van der Waals surface area contributed by atoms with E-state index >= 15 is 0 Å². The van der Waals surface area contributed by atoms with Crippen LogP contribution in [0, 0.1) is 6.92 Å². The predicted molar refractivity (Wildman–Crippen MR) is 101 cm³/mol. The third-order valence-corrected chi connectivity index (χ3v) is 4.60. The number of carbonyl (C=O) groups excluding carboxylic acids is 3. The number of rotatable bonds is 7. The van der Waals surface area contributed by atoms with Crippen molar-refractivity contribution in [2.24, 2.45) is 0 Å². The SMILES string of the molecule is Cc1onc(-c2ccccc2Cl)c1C(=O)OCC(=O)N(C)CC(=O)NC1CC1. The topological polar surface area (TPSA) is 102 Å². The van der Waals surface area contributed by atoms with E-state index in [1.807, 2.05) is 0 Å². The summed E-state index contributed by atoms with van der Waals surface area (Å²) in [5, 5.41) is 7.09. The van der Waals surface area contributed by atoms with Gasteiger partial charge in [-0.05, 0) is 25.8 Å². The molecule has 1 aromatic heterocycles. The summed E-state index contributed by atoms with van der Waals surface area (Å²) >= 11 is 6.17. The fourth-order valence-electron chi connectivity index (χ4n) is 2.56. The quantitative estimate of drug-likeness (QED) is 0.708. The number of likely N-dealkylation sites (N-methyl/N-ethyl adjacent to an activating group) is 1. The van der Waals surface area contributed by atoms with Gasteiger partial charge in [0.15, 0.2) is 6.61 Å². The molecule has 9 heteroatoms. The number of nitrogens with zero attached hydrogens (tertiary/aromatic N) is 2. The van der Waals surface area contributed by atoms with Crippen molar-refractivity contribution in [3.63, 3.8) is 0 Å². The number of hydrogen-bond acceptors (Lipinski definition) is 6. The average molecular weight is 406 g/mol.